The van der Waals surface area contributed by atoms with Crippen LogP contribution in [0.25, 0.3) is 0 Å². The fraction of sp³-hybridized carbons (Fsp3) is 0.533. The average Bonchev–Trinajstić information content (AvgIpc) is 2.23. The molecule has 1 N–H and O–H groups in total. The Bertz CT molecular complexity index is 417. The summed E-state index contributed by atoms with van der Waals surface area (Å²) >= 11 is 0. The van der Waals surface area contributed by atoms with Crippen molar-refractivity contribution in [3.8, 4) is 0 Å². The van der Waals surface area contributed by atoms with Crippen LogP contribution in [0.1, 0.15) is 43.7 Å². The van der Waals surface area contributed by atoms with Crippen molar-refractivity contribution >= 4 is 5.97 Å². The summed E-state index contributed by atoms with van der Waals surface area (Å²) in [5, 5.41) is 9.55. The van der Waals surface area contributed by atoms with Crippen LogP contribution in [-0.2, 0) is 10.2 Å². The van der Waals surface area contributed by atoms with Gasteiger partial charge in [0, 0.05) is 0 Å². The zero-order valence-electron chi connectivity index (χ0n) is 10.6. The van der Waals surface area contributed by atoms with Crippen molar-refractivity contribution in [2.75, 3.05) is 0 Å². The van der Waals surface area contributed by atoms with E-state index in [2.05, 4.69) is 6.92 Å². The number of benzene rings is 1. The van der Waals surface area contributed by atoms with Crippen LogP contribution >= 0.6 is 0 Å². The standard InChI is InChI=1S/C15H20O2/c1-3-6-12-9-15(10-12,14(16)17)13-8-5-4-7-11(13)2/h4-5,7-8,12H,3,6,9-10H2,1-2H3,(H,16,17). The molecule has 1 aliphatic carbocycles. The highest BCUT2D eigenvalue weighted by Crippen LogP contribution is 2.50. The maximum atomic E-state index is 11.6. The summed E-state index contributed by atoms with van der Waals surface area (Å²) < 4.78 is 0. The van der Waals surface area contributed by atoms with Crippen molar-refractivity contribution in [1.29, 1.82) is 0 Å². The van der Waals surface area contributed by atoms with Gasteiger partial charge in [0.1, 0.15) is 0 Å². The average molecular weight is 232 g/mol. The molecule has 0 saturated heterocycles. The van der Waals surface area contributed by atoms with E-state index < -0.39 is 11.4 Å². The van der Waals surface area contributed by atoms with Crippen LogP contribution in [0.3, 0.4) is 0 Å². The van der Waals surface area contributed by atoms with Crippen molar-refractivity contribution < 1.29 is 9.90 Å². The molecule has 0 aromatic heterocycles. The first kappa shape index (κ1) is 12.2. The molecule has 2 heteroatoms. The number of carboxylic acid groups (broad SMARTS) is 1. The lowest BCUT2D eigenvalue weighted by Gasteiger charge is -2.45. The Hall–Kier alpha value is -1.31. The summed E-state index contributed by atoms with van der Waals surface area (Å²) in [6, 6.07) is 7.90. The van der Waals surface area contributed by atoms with Crippen LogP contribution in [0.2, 0.25) is 0 Å². The largest absolute Gasteiger partial charge is 0.481 e. The Balaban J connectivity index is 2.27. The van der Waals surface area contributed by atoms with E-state index in [4.69, 9.17) is 0 Å². The molecule has 1 aliphatic rings. The Morgan fingerprint density at radius 3 is 2.59 bits per heavy atom. The molecule has 17 heavy (non-hydrogen) atoms. The SMILES string of the molecule is CCCC1CC(C(=O)O)(c2ccccc2C)C1. The number of rotatable bonds is 4. The number of aliphatic carboxylic acids is 1. The Kier molecular flexibility index (Phi) is 3.23. The third kappa shape index (κ3) is 1.97. The van der Waals surface area contributed by atoms with Crippen LogP contribution in [0.4, 0.5) is 0 Å². The third-order valence-electron chi connectivity index (χ3n) is 4.04. The van der Waals surface area contributed by atoms with Gasteiger partial charge in [-0.2, -0.15) is 0 Å². The van der Waals surface area contributed by atoms with E-state index in [1.807, 2.05) is 31.2 Å². The molecule has 0 spiro atoms. The minimum Gasteiger partial charge on any atom is -0.481 e. The molecule has 0 radical (unpaired) electrons. The van der Waals surface area contributed by atoms with Gasteiger partial charge in [-0.3, -0.25) is 4.79 Å². The first-order chi connectivity index (χ1) is 8.10. The van der Waals surface area contributed by atoms with E-state index in [1.54, 1.807) is 0 Å². The Morgan fingerprint density at radius 2 is 2.06 bits per heavy atom. The van der Waals surface area contributed by atoms with Crippen LogP contribution in [0, 0.1) is 12.8 Å². The first-order valence-corrected chi connectivity index (χ1v) is 6.39. The monoisotopic (exact) mass is 232 g/mol. The smallest absolute Gasteiger partial charge is 0.314 e. The fourth-order valence-corrected chi connectivity index (χ4v) is 3.16. The van der Waals surface area contributed by atoms with E-state index in [9.17, 15) is 9.90 Å². The van der Waals surface area contributed by atoms with Crippen LogP contribution in [-0.4, -0.2) is 11.1 Å². The second-order valence-corrected chi connectivity index (χ2v) is 5.27. The molecule has 0 bridgehead atoms. The predicted octanol–water partition coefficient (Wildman–Crippen LogP) is 3.53. The van der Waals surface area contributed by atoms with Gasteiger partial charge in [-0.25, -0.2) is 0 Å². The molecule has 2 nitrogen and oxygen atoms in total. The number of carboxylic acids is 1. The van der Waals surface area contributed by atoms with Crippen molar-refractivity contribution in [3.63, 3.8) is 0 Å². The van der Waals surface area contributed by atoms with Crippen LogP contribution in [0.5, 0.6) is 0 Å². The number of hydrogen-bond donors (Lipinski definition) is 1. The van der Waals surface area contributed by atoms with Crippen LogP contribution in [0.15, 0.2) is 24.3 Å². The lowest BCUT2D eigenvalue weighted by Crippen LogP contribution is -2.48. The molecule has 0 amide bonds. The Labute approximate surface area is 103 Å². The predicted molar refractivity (Wildman–Crippen MR) is 68.1 cm³/mol. The molecule has 0 aliphatic heterocycles. The van der Waals surface area contributed by atoms with Crippen molar-refractivity contribution in [2.24, 2.45) is 5.92 Å². The first-order valence-electron chi connectivity index (χ1n) is 6.39. The molecule has 2 rings (SSSR count). The van der Waals surface area contributed by atoms with Gasteiger partial charge in [-0.15, -0.1) is 0 Å². The lowest BCUT2D eigenvalue weighted by atomic mass is 9.57. The van der Waals surface area contributed by atoms with Gasteiger partial charge >= 0.3 is 5.97 Å². The van der Waals surface area contributed by atoms with E-state index in [0.29, 0.717) is 5.92 Å². The minimum absolute atomic E-state index is 0.593. The second-order valence-electron chi connectivity index (χ2n) is 5.27. The highest BCUT2D eigenvalue weighted by Gasteiger charge is 2.51. The number of hydrogen-bond acceptors (Lipinski definition) is 1. The lowest BCUT2D eigenvalue weighted by molar-refractivity contribution is -0.150. The summed E-state index contributed by atoms with van der Waals surface area (Å²) in [4.78, 5) is 11.6. The molecule has 0 unspecified atom stereocenters. The zero-order chi connectivity index (χ0) is 12.5. The molecule has 1 saturated carbocycles. The summed E-state index contributed by atoms with van der Waals surface area (Å²) in [7, 11) is 0. The van der Waals surface area contributed by atoms with Crippen molar-refractivity contribution in [2.45, 2.75) is 44.9 Å². The molecule has 0 heterocycles. The minimum atomic E-state index is -0.654. The van der Waals surface area contributed by atoms with Crippen molar-refractivity contribution in [1.82, 2.24) is 0 Å². The van der Waals surface area contributed by atoms with E-state index in [0.717, 1.165) is 36.8 Å². The molecule has 1 fully saturated rings. The molecule has 92 valence electrons. The fourth-order valence-electron chi connectivity index (χ4n) is 3.16. The summed E-state index contributed by atoms with van der Waals surface area (Å²) in [6.45, 7) is 4.17. The zero-order valence-corrected chi connectivity index (χ0v) is 10.6. The van der Waals surface area contributed by atoms with Gasteiger partial charge in [0.2, 0.25) is 0 Å². The van der Waals surface area contributed by atoms with E-state index in [-0.39, 0.29) is 0 Å². The van der Waals surface area contributed by atoms with Gasteiger partial charge in [0.25, 0.3) is 0 Å². The van der Waals surface area contributed by atoms with Gasteiger partial charge in [0.05, 0.1) is 5.41 Å². The quantitative estimate of drug-likeness (QED) is 0.862. The maximum Gasteiger partial charge on any atom is 0.314 e. The molecule has 1 aromatic carbocycles. The Morgan fingerprint density at radius 1 is 1.41 bits per heavy atom. The van der Waals surface area contributed by atoms with Gasteiger partial charge in [-0.05, 0) is 36.8 Å². The van der Waals surface area contributed by atoms with Gasteiger partial charge in [0.15, 0.2) is 0 Å². The van der Waals surface area contributed by atoms with Crippen LogP contribution < -0.4 is 0 Å². The molecule has 1 aromatic rings. The number of aryl methyl sites for hydroxylation is 1. The summed E-state index contributed by atoms with van der Waals surface area (Å²) in [6.07, 6.45) is 3.91. The van der Waals surface area contributed by atoms with Gasteiger partial charge < -0.3 is 5.11 Å². The summed E-state index contributed by atoms with van der Waals surface area (Å²) in [5.41, 5.74) is 1.51. The summed E-state index contributed by atoms with van der Waals surface area (Å²) in [5.74, 6) is -0.0603. The van der Waals surface area contributed by atoms with Crippen molar-refractivity contribution in [3.05, 3.63) is 35.4 Å². The normalized spacial score (nSPS) is 27.5. The molecular weight excluding hydrogens is 212 g/mol. The molecular formula is C15H20O2. The topological polar surface area (TPSA) is 37.3 Å². The highest BCUT2D eigenvalue weighted by molar-refractivity contribution is 5.83. The molecule has 0 atom stereocenters. The third-order valence-corrected chi connectivity index (χ3v) is 4.04. The van der Waals surface area contributed by atoms with E-state index >= 15 is 0 Å². The second kappa shape index (κ2) is 4.52. The highest BCUT2D eigenvalue weighted by atomic mass is 16.4. The maximum absolute atomic E-state index is 11.6. The van der Waals surface area contributed by atoms with Gasteiger partial charge in [-0.1, -0.05) is 44.0 Å². The van der Waals surface area contributed by atoms with E-state index in [1.165, 1.54) is 0 Å². The number of carbonyl (C=O) groups is 1.